The summed E-state index contributed by atoms with van der Waals surface area (Å²) in [4.78, 5) is 26.3. The lowest BCUT2D eigenvalue weighted by Gasteiger charge is -2.39. The number of rotatable bonds is 7. The molecule has 8 heteroatoms. The highest BCUT2D eigenvalue weighted by atomic mass is 19.1. The Balaban J connectivity index is 1.86. The molecule has 1 heterocycles. The molecular weight excluding hydrogens is 344 g/mol. The van der Waals surface area contributed by atoms with Crippen molar-refractivity contribution in [1.82, 2.24) is 15.1 Å². The highest BCUT2D eigenvalue weighted by Gasteiger charge is 2.27. The lowest BCUT2D eigenvalue weighted by atomic mass is 10.0. The quantitative estimate of drug-likeness (QED) is 0.725. The summed E-state index contributed by atoms with van der Waals surface area (Å²) in [5, 5.41) is 11.3. The summed E-state index contributed by atoms with van der Waals surface area (Å²) in [6, 6.07) is 3.29. The first-order valence-corrected chi connectivity index (χ1v) is 8.86. The number of carboxylic acids is 1. The number of hydrogen-bond acceptors (Lipinski definition) is 3. The second-order valence-corrected chi connectivity index (χ2v) is 6.34. The Bertz CT molecular complexity index is 634. The number of nitrogens with zero attached hydrogens (tertiary/aromatic N) is 2. The summed E-state index contributed by atoms with van der Waals surface area (Å²) in [5.74, 6) is -2.02. The maximum absolute atomic E-state index is 14.1. The second-order valence-electron chi connectivity index (χ2n) is 6.34. The molecule has 2 N–H and O–H groups in total. The van der Waals surface area contributed by atoms with Gasteiger partial charge in [-0.3, -0.25) is 9.69 Å². The normalized spacial score (nSPS) is 16.3. The van der Waals surface area contributed by atoms with Crippen LogP contribution in [0.3, 0.4) is 0 Å². The molecule has 0 radical (unpaired) electrons. The van der Waals surface area contributed by atoms with E-state index in [-0.39, 0.29) is 18.5 Å². The summed E-state index contributed by atoms with van der Waals surface area (Å²) in [6.07, 6.45) is 1.10. The third kappa shape index (κ3) is 5.39. The van der Waals surface area contributed by atoms with Crippen molar-refractivity contribution >= 4 is 12.0 Å². The Morgan fingerprint density at radius 1 is 1.23 bits per heavy atom. The number of piperazine rings is 1. The summed E-state index contributed by atoms with van der Waals surface area (Å²) in [6.45, 7) is 4.47. The average Bonchev–Trinajstić information content (AvgIpc) is 2.61. The first kappa shape index (κ1) is 20.1. The molecule has 0 saturated carbocycles. The molecule has 1 aromatic rings. The van der Waals surface area contributed by atoms with Gasteiger partial charge in [-0.15, -0.1) is 0 Å². The molecule has 1 aliphatic heterocycles. The standard InChI is InChI=1S/C18H25F2N3O3/c1-2-16(14-6-5-13(19)12-15(14)20)22-8-10-23(11-9-22)18(26)21-7-3-4-17(24)25/h5-6,12,16H,2-4,7-11H2,1H3,(H,21,26)(H,24,25). The molecule has 2 rings (SSSR count). The highest BCUT2D eigenvalue weighted by molar-refractivity contribution is 5.74. The van der Waals surface area contributed by atoms with Crippen molar-refractivity contribution in [3.8, 4) is 0 Å². The first-order chi connectivity index (χ1) is 12.4. The van der Waals surface area contributed by atoms with E-state index in [1.54, 1.807) is 4.90 Å². The number of benzene rings is 1. The SMILES string of the molecule is CCC(c1ccc(F)cc1F)N1CCN(C(=O)NCCCC(=O)O)CC1. The molecule has 1 unspecified atom stereocenters. The molecule has 6 nitrogen and oxygen atoms in total. The Morgan fingerprint density at radius 3 is 2.50 bits per heavy atom. The zero-order valence-electron chi connectivity index (χ0n) is 14.9. The predicted molar refractivity (Wildman–Crippen MR) is 92.8 cm³/mol. The van der Waals surface area contributed by atoms with Gasteiger partial charge in [0, 0.05) is 56.8 Å². The predicted octanol–water partition coefficient (Wildman–Crippen LogP) is 2.61. The Kier molecular flexibility index (Phi) is 7.32. The van der Waals surface area contributed by atoms with Gasteiger partial charge in [0.15, 0.2) is 0 Å². The van der Waals surface area contributed by atoms with Gasteiger partial charge in [0.2, 0.25) is 0 Å². The zero-order chi connectivity index (χ0) is 19.1. The van der Waals surface area contributed by atoms with E-state index in [1.807, 2.05) is 6.92 Å². The van der Waals surface area contributed by atoms with Crippen LogP contribution in [0.5, 0.6) is 0 Å². The van der Waals surface area contributed by atoms with E-state index in [2.05, 4.69) is 10.2 Å². The number of nitrogens with one attached hydrogen (secondary N) is 1. The Labute approximate surface area is 151 Å². The van der Waals surface area contributed by atoms with Gasteiger partial charge in [-0.05, 0) is 18.9 Å². The molecule has 144 valence electrons. The highest BCUT2D eigenvalue weighted by Crippen LogP contribution is 2.28. The van der Waals surface area contributed by atoms with Crippen LogP contribution in [-0.4, -0.2) is 59.6 Å². The monoisotopic (exact) mass is 369 g/mol. The van der Waals surface area contributed by atoms with Gasteiger partial charge in [-0.2, -0.15) is 0 Å². The number of aliphatic carboxylic acids is 1. The smallest absolute Gasteiger partial charge is 0.317 e. The third-order valence-electron chi connectivity index (χ3n) is 4.59. The van der Waals surface area contributed by atoms with Crippen LogP contribution in [0.4, 0.5) is 13.6 Å². The van der Waals surface area contributed by atoms with Crippen molar-refractivity contribution in [3.63, 3.8) is 0 Å². The number of amides is 2. The van der Waals surface area contributed by atoms with Crippen molar-refractivity contribution in [3.05, 3.63) is 35.4 Å². The summed E-state index contributed by atoms with van der Waals surface area (Å²) in [5.41, 5.74) is 0.473. The fourth-order valence-corrected chi connectivity index (χ4v) is 3.23. The summed E-state index contributed by atoms with van der Waals surface area (Å²) in [7, 11) is 0. The van der Waals surface area contributed by atoms with Crippen molar-refractivity contribution in [1.29, 1.82) is 0 Å². The van der Waals surface area contributed by atoms with E-state index >= 15 is 0 Å². The van der Waals surface area contributed by atoms with E-state index in [0.717, 1.165) is 6.07 Å². The van der Waals surface area contributed by atoms with Crippen LogP contribution in [0.2, 0.25) is 0 Å². The van der Waals surface area contributed by atoms with E-state index in [1.165, 1.54) is 12.1 Å². The fraction of sp³-hybridized carbons (Fsp3) is 0.556. The number of carbonyl (C=O) groups excluding carboxylic acids is 1. The minimum Gasteiger partial charge on any atom is -0.481 e. The van der Waals surface area contributed by atoms with Crippen LogP contribution in [0.1, 0.15) is 37.8 Å². The molecular formula is C18H25F2N3O3. The molecule has 0 aliphatic carbocycles. The van der Waals surface area contributed by atoms with Crippen molar-refractivity contribution in [2.24, 2.45) is 0 Å². The fourth-order valence-electron chi connectivity index (χ4n) is 3.23. The largest absolute Gasteiger partial charge is 0.481 e. The van der Waals surface area contributed by atoms with Gasteiger partial charge in [-0.25, -0.2) is 13.6 Å². The topological polar surface area (TPSA) is 72.9 Å². The molecule has 2 amide bonds. The molecule has 1 aliphatic rings. The average molecular weight is 369 g/mol. The number of halogens is 2. The molecule has 1 atom stereocenters. The molecule has 26 heavy (non-hydrogen) atoms. The van der Waals surface area contributed by atoms with E-state index in [9.17, 15) is 18.4 Å². The summed E-state index contributed by atoms with van der Waals surface area (Å²) < 4.78 is 27.2. The first-order valence-electron chi connectivity index (χ1n) is 8.86. The van der Waals surface area contributed by atoms with Gasteiger partial charge in [0.25, 0.3) is 0 Å². The zero-order valence-corrected chi connectivity index (χ0v) is 14.9. The van der Waals surface area contributed by atoms with Crippen molar-refractivity contribution < 1.29 is 23.5 Å². The maximum atomic E-state index is 14.1. The van der Waals surface area contributed by atoms with Gasteiger partial charge in [-0.1, -0.05) is 13.0 Å². The number of carboxylic acid groups (broad SMARTS) is 1. The lowest BCUT2D eigenvalue weighted by Crippen LogP contribution is -2.52. The van der Waals surface area contributed by atoms with E-state index < -0.39 is 17.6 Å². The molecule has 1 fully saturated rings. The van der Waals surface area contributed by atoms with E-state index in [0.29, 0.717) is 51.1 Å². The van der Waals surface area contributed by atoms with Crippen LogP contribution in [0.15, 0.2) is 18.2 Å². The van der Waals surface area contributed by atoms with E-state index in [4.69, 9.17) is 5.11 Å². The Hall–Kier alpha value is -2.22. The van der Waals surface area contributed by atoms with Gasteiger partial charge < -0.3 is 15.3 Å². The van der Waals surface area contributed by atoms with Gasteiger partial charge >= 0.3 is 12.0 Å². The number of carbonyl (C=O) groups is 2. The Morgan fingerprint density at radius 2 is 1.92 bits per heavy atom. The second kappa shape index (κ2) is 9.47. The minimum atomic E-state index is -0.883. The van der Waals surface area contributed by atoms with Gasteiger partial charge in [0.05, 0.1) is 0 Å². The summed E-state index contributed by atoms with van der Waals surface area (Å²) >= 11 is 0. The van der Waals surface area contributed by atoms with Crippen LogP contribution in [0.25, 0.3) is 0 Å². The third-order valence-corrected chi connectivity index (χ3v) is 4.59. The molecule has 0 spiro atoms. The molecule has 0 bridgehead atoms. The molecule has 0 aromatic heterocycles. The number of urea groups is 1. The molecule has 1 aromatic carbocycles. The van der Waals surface area contributed by atoms with Crippen LogP contribution in [-0.2, 0) is 4.79 Å². The van der Waals surface area contributed by atoms with Crippen LogP contribution in [0, 0.1) is 11.6 Å². The van der Waals surface area contributed by atoms with Crippen molar-refractivity contribution in [2.75, 3.05) is 32.7 Å². The molecule has 1 saturated heterocycles. The van der Waals surface area contributed by atoms with Crippen molar-refractivity contribution in [2.45, 2.75) is 32.2 Å². The van der Waals surface area contributed by atoms with Gasteiger partial charge in [0.1, 0.15) is 11.6 Å². The number of hydrogen-bond donors (Lipinski definition) is 2. The maximum Gasteiger partial charge on any atom is 0.317 e. The van der Waals surface area contributed by atoms with Crippen LogP contribution < -0.4 is 5.32 Å². The van der Waals surface area contributed by atoms with Crippen LogP contribution >= 0.6 is 0 Å². The minimum absolute atomic E-state index is 0.0233. The lowest BCUT2D eigenvalue weighted by molar-refractivity contribution is -0.137.